The molecule has 9 heteroatoms. The number of carbonyl (C=O) groups excluding carboxylic acids is 1. The fourth-order valence-electron chi connectivity index (χ4n) is 3.77. The number of piperidine rings is 1. The zero-order chi connectivity index (χ0) is 18.1. The maximum Gasteiger partial charge on any atom is 0.244 e. The first-order chi connectivity index (χ1) is 12.5. The number of anilines is 1. The largest absolute Gasteiger partial charge is 0.454 e. The third-order valence-corrected chi connectivity index (χ3v) is 5.05. The molecule has 138 valence electrons. The number of hydrogen-bond donors (Lipinski definition) is 1. The molecule has 4 rings (SSSR count). The van der Waals surface area contributed by atoms with Gasteiger partial charge in [0.2, 0.25) is 18.6 Å². The Morgan fingerprint density at radius 2 is 2.19 bits per heavy atom. The van der Waals surface area contributed by atoms with Crippen molar-refractivity contribution in [2.75, 3.05) is 25.6 Å². The van der Waals surface area contributed by atoms with Gasteiger partial charge in [-0.2, -0.15) is 0 Å². The standard InChI is InChI=1S/C17H22N6O3/c1-17(8-12-3-4-13-14(7-12)26-11-25-13)5-2-6-22(10-17)15(24)9-23-16(18)19-20-21-23/h3-4,7H,2,5-6,8-11H2,1H3,(H2,18,19,21). The summed E-state index contributed by atoms with van der Waals surface area (Å²) in [5, 5.41) is 10.8. The third-order valence-electron chi connectivity index (χ3n) is 5.05. The Morgan fingerprint density at radius 1 is 1.35 bits per heavy atom. The van der Waals surface area contributed by atoms with E-state index in [-0.39, 0.29) is 30.6 Å². The average Bonchev–Trinajstić information content (AvgIpc) is 3.23. The van der Waals surface area contributed by atoms with Gasteiger partial charge in [-0.15, -0.1) is 0 Å². The van der Waals surface area contributed by atoms with Crippen molar-refractivity contribution >= 4 is 11.9 Å². The molecule has 0 bridgehead atoms. The SMILES string of the molecule is CC1(Cc2ccc3c(c2)OCO3)CCCN(C(=O)Cn2nnnc2N)C1. The molecule has 1 saturated heterocycles. The topological polar surface area (TPSA) is 108 Å². The molecule has 1 aromatic carbocycles. The lowest BCUT2D eigenvalue weighted by Crippen LogP contribution is -2.47. The van der Waals surface area contributed by atoms with E-state index < -0.39 is 0 Å². The van der Waals surface area contributed by atoms with Crippen molar-refractivity contribution in [1.82, 2.24) is 25.1 Å². The van der Waals surface area contributed by atoms with E-state index in [9.17, 15) is 4.79 Å². The summed E-state index contributed by atoms with van der Waals surface area (Å²) in [4.78, 5) is 14.5. The lowest BCUT2D eigenvalue weighted by atomic mass is 9.77. The second-order valence-electron chi connectivity index (χ2n) is 7.29. The molecule has 0 spiro atoms. The summed E-state index contributed by atoms with van der Waals surface area (Å²) in [5.74, 6) is 1.72. The number of carbonyl (C=O) groups is 1. The van der Waals surface area contributed by atoms with Crippen molar-refractivity contribution < 1.29 is 14.3 Å². The molecule has 1 unspecified atom stereocenters. The summed E-state index contributed by atoms with van der Waals surface area (Å²) in [7, 11) is 0. The first-order valence-corrected chi connectivity index (χ1v) is 8.70. The molecule has 1 amide bonds. The average molecular weight is 358 g/mol. The number of hydrogen-bond acceptors (Lipinski definition) is 7. The fourth-order valence-corrected chi connectivity index (χ4v) is 3.77. The lowest BCUT2D eigenvalue weighted by Gasteiger charge is -2.40. The van der Waals surface area contributed by atoms with Crippen molar-refractivity contribution in [3.8, 4) is 11.5 Å². The highest BCUT2D eigenvalue weighted by Gasteiger charge is 2.34. The maximum atomic E-state index is 12.6. The van der Waals surface area contributed by atoms with E-state index in [1.54, 1.807) is 0 Å². The van der Waals surface area contributed by atoms with Gasteiger partial charge in [0.1, 0.15) is 6.54 Å². The Labute approximate surface area is 151 Å². The number of fused-ring (bicyclic) bond motifs is 1. The smallest absolute Gasteiger partial charge is 0.244 e. The van der Waals surface area contributed by atoms with Gasteiger partial charge in [0.25, 0.3) is 0 Å². The Kier molecular flexibility index (Phi) is 4.14. The molecule has 2 aliphatic rings. The van der Waals surface area contributed by atoms with E-state index in [1.807, 2.05) is 17.0 Å². The van der Waals surface area contributed by atoms with Crippen LogP contribution in [-0.4, -0.2) is 50.9 Å². The molecule has 2 aromatic rings. The van der Waals surface area contributed by atoms with E-state index >= 15 is 0 Å². The highest BCUT2D eigenvalue weighted by atomic mass is 16.7. The minimum Gasteiger partial charge on any atom is -0.454 e. The molecule has 0 saturated carbocycles. The van der Waals surface area contributed by atoms with Crippen LogP contribution in [0.1, 0.15) is 25.3 Å². The molecule has 9 nitrogen and oxygen atoms in total. The monoisotopic (exact) mass is 358 g/mol. The van der Waals surface area contributed by atoms with Crippen LogP contribution in [0.15, 0.2) is 18.2 Å². The van der Waals surface area contributed by atoms with E-state index in [0.717, 1.165) is 37.3 Å². The number of likely N-dealkylation sites (tertiary alicyclic amines) is 1. The molecule has 1 atom stereocenters. The molecule has 0 radical (unpaired) electrons. The molecular formula is C17H22N6O3. The lowest BCUT2D eigenvalue weighted by molar-refractivity contribution is -0.135. The normalized spacial score (nSPS) is 21.8. The maximum absolute atomic E-state index is 12.6. The molecular weight excluding hydrogens is 336 g/mol. The van der Waals surface area contributed by atoms with Gasteiger partial charge in [0.05, 0.1) is 0 Å². The summed E-state index contributed by atoms with van der Waals surface area (Å²) in [6, 6.07) is 6.06. The Hall–Kier alpha value is -2.84. The number of amides is 1. The van der Waals surface area contributed by atoms with Crippen LogP contribution in [0.5, 0.6) is 11.5 Å². The summed E-state index contributed by atoms with van der Waals surface area (Å²) in [6.07, 6.45) is 2.91. The van der Waals surface area contributed by atoms with Gasteiger partial charge in [-0.1, -0.05) is 18.1 Å². The zero-order valence-electron chi connectivity index (χ0n) is 14.7. The van der Waals surface area contributed by atoms with Crippen LogP contribution in [0.2, 0.25) is 0 Å². The van der Waals surface area contributed by atoms with Gasteiger partial charge >= 0.3 is 0 Å². The van der Waals surface area contributed by atoms with E-state index in [0.29, 0.717) is 6.54 Å². The van der Waals surface area contributed by atoms with Crippen LogP contribution in [0.25, 0.3) is 0 Å². The second-order valence-corrected chi connectivity index (χ2v) is 7.29. The number of tetrazole rings is 1. The molecule has 0 aliphatic carbocycles. The van der Waals surface area contributed by atoms with E-state index in [2.05, 4.69) is 28.5 Å². The zero-order valence-corrected chi connectivity index (χ0v) is 14.7. The van der Waals surface area contributed by atoms with Crippen molar-refractivity contribution in [3.05, 3.63) is 23.8 Å². The molecule has 3 heterocycles. The first-order valence-electron chi connectivity index (χ1n) is 8.70. The molecule has 1 aromatic heterocycles. The van der Waals surface area contributed by atoms with Crippen molar-refractivity contribution in [2.45, 2.75) is 32.7 Å². The number of nitrogens with zero attached hydrogens (tertiary/aromatic N) is 5. The quantitative estimate of drug-likeness (QED) is 0.863. The third kappa shape index (κ3) is 3.29. The first kappa shape index (κ1) is 16.6. The van der Waals surface area contributed by atoms with Gasteiger partial charge in [0.15, 0.2) is 11.5 Å². The minimum atomic E-state index is -0.0133. The molecule has 26 heavy (non-hydrogen) atoms. The minimum absolute atomic E-state index is 0.00771. The number of aromatic nitrogens is 4. The summed E-state index contributed by atoms with van der Waals surface area (Å²) in [5.41, 5.74) is 6.85. The highest BCUT2D eigenvalue weighted by Crippen LogP contribution is 2.37. The van der Waals surface area contributed by atoms with E-state index in [1.165, 1.54) is 10.2 Å². The second kappa shape index (κ2) is 6.47. The summed E-state index contributed by atoms with van der Waals surface area (Å²) in [6.45, 7) is 4.01. The van der Waals surface area contributed by atoms with Gasteiger partial charge < -0.3 is 20.1 Å². The Morgan fingerprint density at radius 3 is 3.00 bits per heavy atom. The van der Waals surface area contributed by atoms with Gasteiger partial charge in [-0.25, -0.2) is 4.68 Å². The van der Waals surface area contributed by atoms with Crippen molar-refractivity contribution in [2.24, 2.45) is 5.41 Å². The molecule has 1 fully saturated rings. The van der Waals surface area contributed by atoms with Crippen LogP contribution in [-0.2, 0) is 17.8 Å². The Bertz CT molecular complexity index is 823. The predicted molar refractivity (Wildman–Crippen MR) is 92.4 cm³/mol. The Balaban J connectivity index is 1.43. The van der Waals surface area contributed by atoms with Crippen LogP contribution in [0, 0.1) is 5.41 Å². The predicted octanol–water partition coefficient (Wildman–Crippen LogP) is 0.855. The van der Waals surface area contributed by atoms with Crippen molar-refractivity contribution in [3.63, 3.8) is 0 Å². The molecule has 2 N–H and O–H groups in total. The highest BCUT2D eigenvalue weighted by molar-refractivity contribution is 5.76. The van der Waals surface area contributed by atoms with Gasteiger partial charge in [-0.3, -0.25) is 4.79 Å². The molecule has 2 aliphatic heterocycles. The van der Waals surface area contributed by atoms with Crippen molar-refractivity contribution in [1.29, 1.82) is 0 Å². The number of rotatable bonds is 4. The number of benzene rings is 1. The van der Waals surface area contributed by atoms with Crippen LogP contribution in [0.3, 0.4) is 0 Å². The van der Waals surface area contributed by atoms with Crippen LogP contribution >= 0.6 is 0 Å². The summed E-state index contributed by atoms with van der Waals surface area (Å²) >= 11 is 0. The van der Waals surface area contributed by atoms with Gasteiger partial charge in [-0.05, 0) is 52.8 Å². The van der Waals surface area contributed by atoms with E-state index in [4.69, 9.17) is 15.2 Å². The fraction of sp³-hybridized carbons (Fsp3) is 0.529. The van der Waals surface area contributed by atoms with Crippen LogP contribution in [0.4, 0.5) is 5.95 Å². The van der Waals surface area contributed by atoms with Gasteiger partial charge in [0, 0.05) is 13.1 Å². The number of ether oxygens (including phenoxy) is 2. The van der Waals surface area contributed by atoms with Crippen LogP contribution < -0.4 is 15.2 Å². The number of nitrogens with two attached hydrogens (primary N) is 1. The number of nitrogen functional groups attached to an aromatic ring is 1. The summed E-state index contributed by atoms with van der Waals surface area (Å²) < 4.78 is 12.2.